The lowest BCUT2D eigenvalue weighted by Crippen LogP contribution is -2.54. The highest BCUT2D eigenvalue weighted by atomic mass is 32.2. The lowest BCUT2D eigenvalue weighted by molar-refractivity contribution is 0.0657. The molecule has 2 heterocycles. The third-order valence-corrected chi connectivity index (χ3v) is 7.80. The average molecular weight is 429 g/mol. The first-order valence-corrected chi connectivity index (χ1v) is 12.0. The van der Waals surface area contributed by atoms with Gasteiger partial charge in [0.25, 0.3) is 0 Å². The molecule has 7 nitrogen and oxygen atoms in total. The van der Waals surface area contributed by atoms with Gasteiger partial charge in [-0.25, -0.2) is 18.2 Å². The van der Waals surface area contributed by atoms with Gasteiger partial charge in [0.1, 0.15) is 5.82 Å². The van der Waals surface area contributed by atoms with E-state index >= 15 is 0 Å². The van der Waals surface area contributed by atoms with E-state index < -0.39 is 9.84 Å². The lowest BCUT2D eigenvalue weighted by atomic mass is 9.69. The number of pyridine rings is 1. The fourth-order valence-electron chi connectivity index (χ4n) is 4.81. The Morgan fingerprint density at radius 1 is 1.03 bits per heavy atom. The molecule has 4 rings (SSSR count). The van der Waals surface area contributed by atoms with Crippen LogP contribution in [0.25, 0.3) is 0 Å². The van der Waals surface area contributed by atoms with E-state index in [9.17, 15) is 13.2 Å². The smallest absolute Gasteiger partial charge is 0.323 e. The minimum Gasteiger partial charge on any atom is -0.330 e. The molecule has 1 spiro atoms. The summed E-state index contributed by atoms with van der Waals surface area (Å²) in [5.41, 5.74) is 0.979. The number of carbonyl (C=O) groups is 1. The molecule has 2 aromatic rings. The highest BCUT2D eigenvalue weighted by molar-refractivity contribution is 7.90. The van der Waals surface area contributed by atoms with Gasteiger partial charge in [-0.15, -0.1) is 0 Å². The van der Waals surface area contributed by atoms with E-state index in [-0.39, 0.29) is 22.0 Å². The molecule has 1 saturated heterocycles. The Labute approximate surface area is 178 Å². The number of aromatic nitrogens is 1. The molecule has 1 aliphatic carbocycles. The van der Waals surface area contributed by atoms with Gasteiger partial charge in [-0.3, -0.25) is 9.80 Å². The van der Waals surface area contributed by atoms with Crippen molar-refractivity contribution in [2.24, 2.45) is 0 Å². The number of hydrogen-bond donors (Lipinski definition) is 1. The van der Waals surface area contributed by atoms with Crippen LogP contribution in [-0.4, -0.2) is 56.8 Å². The summed E-state index contributed by atoms with van der Waals surface area (Å²) in [7, 11) is 0.928. The van der Waals surface area contributed by atoms with Crippen LogP contribution in [0.5, 0.6) is 0 Å². The molecule has 160 valence electrons. The summed E-state index contributed by atoms with van der Waals surface area (Å²) in [5.74, 6) is 0.476. The van der Waals surface area contributed by atoms with E-state index in [2.05, 4.69) is 53.6 Å². The number of nitrogens with zero attached hydrogens (tertiary/aromatic N) is 3. The van der Waals surface area contributed by atoms with Gasteiger partial charge < -0.3 is 5.32 Å². The zero-order valence-corrected chi connectivity index (χ0v) is 18.4. The molecule has 1 aromatic carbocycles. The molecule has 8 heteroatoms. The number of urea groups is 1. The second kappa shape index (κ2) is 7.35. The fourth-order valence-corrected chi connectivity index (χ4v) is 5.37. The van der Waals surface area contributed by atoms with E-state index in [4.69, 9.17) is 0 Å². The predicted molar refractivity (Wildman–Crippen MR) is 116 cm³/mol. The second-order valence-electron chi connectivity index (χ2n) is 8.71. The van der Waals surface area contributed by atoms with Crippen molar-refractivity contribution < 1.29 is 13.2 Å². The SMILES string of the molecule is CN(C)[C@]1(c2ccccc2)CC[C@]2(CC1)CN(c1ccc(S(C)(=O)=O)cn1)C(=O)N2. The normalized spacial score (nSPS) is 26.9. The fraction of sp³-hybridized carbons (Fsp3) is 0.455. The van der Waals surface area contributed by atoms with Gasteiger partial charge >= 0.3 is 6.03 Å². The highest BCUT2D eigenvalue weighted by Crippen LogP contribution is 2.46. The first-order chi connectivity index (χ1) is 14.2. The Hall–Kier alpha value is -2.45. The maximum absolute atomic E-state index is 12.7. The van der Waals surface area contributed by atoms with Crippen LogP contribution >= 0.6 is 0 Å². The first-order valence-electron chi connectivity index (χ1n) is 10.1. The van der Waals surface area contributed by atoms with Gasteiger partial charge in [0, 0.05) is 18.0 Å². The van der Waals surface area contributed by atoms with Gasteiger partial charge in [0.15, 0.2) is 9.84 Å². The second-order valence-corrected chi connectivity index (χ2v) is 10.7. The maximum atomic E-state index is 12.7. The Bertz CT molecular complexity index is 1030. The van der Waals surface area contributed by atoms with Crippen molar-refractivity contribution in [1.82, 2.24) is 15.2 Å². The van der Waals surface area contributed by atoms with Crippen molar-refractivity contribution in [1.29, 1.82) is 0 Å². The van der Waals surface area contributed by atoms with Crippen LogP contribution in [0.15, 0.2) is 53.6 Å². The Morgan fingerprint density at radius 2 is 1.70 bits per heavy atom. The minimum absolute atomic E-state index is 0.0416. The number of amides is 2. The number of carbonyl (C=O) groups excluding carboxylic acids is 1. The Balaban J connectivity index is 1.53. The monoisotopic (exact) mass is 428 g/mol. The van der Waals surface area contributed by atoms with Gasteiger partial charge in [-0.1, -0.05) is 30.3 Å². The maximum Gasteiger partial charge on any atom is 0.323 e. The summed E-state index contributed by atoms with van der Waals surface area (Å²) in [6.07, 6.45) is 6.08. The summed E-state index contributed by atoms with van der Waals surface area (Å²) < 4.78 is 23.3. The summed E-state index contributed by atoms with van der Waals surface area (Å²) in [5, 5.41) is 3.20. The molecule has 0 radical (unpaired) electrons. The summed E-state index contributed by atoms with van der Waals surface area (Å²) in [4.78, 5) is 21.1. The van der Waals surface area contributed by atoms with Crippen molar-refractivity contribution in [2.75, 3.05) is 31.8 Å². The van der Waals surface area contributed by atoms with Crippen molar-refractivity contribution in [2.45, 2.75) is 41.7 Å². The molecule has 1 N–H and O–H groups in total. The zero-order chi connectivity index (χ0) is 21.6. The Morgan fingerprint density at radius 3 is 2.23 bits per heavy atom. The Kier molecular flexibility index (Phi) is 5.10. The van der Waals surface area contributed by atoms with Crippen LogP contribution in [0.3, 0.4) is 0 Å². The minimum atomic E-state index is -3.32. The van der Waals surface area contributed by atoms with Gasteiger partial charge in [0.2, 0.25) is 0 Å². The third-order valence-electron chi connectivity index (χ3n) is 6.70. The van der Waals surface area contributed by atoms with Crippen molar-refractivity contribution in [3.63, 3.8) is 0 Å². The number of hydrogen-bond acceptors (Lipinski definition) is 5. The molecule has 2 aliphatic rings. The van der Waals surface area contributed by atoms with Gasteiger partial charge in [-0.2, -0.15) is 0 Å². The van der Waals surface area contributed by atoms with Gasteiger partial charge in [-0.05, 0) is 57.5 Å². The van der Waals surface area contributed by atoms with Crippen molar-refractivity contribution in [3.05, 3.63) is 54.2 Å². The quantitative estimate of drug-likeness (QED) is 0.810. The highest BCUT2D eigenvalue weighted by Gasteiger charge is 2.50. The van der Waals surface area contributed by atoms with E-state index in [1.807, 2.05) is 6.07 Å². The third kappa shape index (κ3) is 3.58. The molecule has 1 saturated carbocycles. The standard InChI is InChI=1S/C22H28N4O3S/c1-25(2)22(17-7-5-4-6-8-17)13-11-21(12-14-22)16-26(20(27)24-21)19-10-9-18(15-23-19)30(3,28)29/h4-10,15H,11-14,16H2,1-3H3,(H,24,27)/t21-,22+. The van der Waals surface area contributed by atoms with Crippen molar-refractivity contribution >= 4 is 21.7 Å². The van der Waals surface area contributed by atoms with Crippen LogP contribution in [0.1, 0.15) is 31.2 Å². The van der Waals surface area contributed by atoms with E-state index in [1.165, 1.54) is 17.8 Å². The number of anilines is 1. The molecule has 2 amide bonds. The van der Waals surface area contributed by atoms with E-state index in [0.29, 0.717) is 12.4 Å². The largest absolute Gasteiger partial charge is 0.330 e. The predicted octanol–water partition coefficient (Wildman–Crippen LogP) is 2.78. The molecule has 0 bridgehead atoms. The molecule has 0 atom stereocenters. The van der Waals surface area contributed by atoms with Crippen LogP contribution in [0.4, 0.5) is 10.6 Å². The molecule has 0 unspecified atom stereocenters. The number of sulfone groups is 1. The van der Waals surface area contributed by atoms with Crippen LogP contribution < -0.4 is 10.2 Å². The molecule has 2 fully saturated rings. The average Bonchev–Trinajstić information content (AvgIpc) is 3.04. The lowest BCUT2D eigenvalue weighted by Gasteiger charge is -2.48. The first kappa shape index (κ1) is 20.8. The van der Waals surface area contributed by atoms with E-state index in [1.54, 1.807) is 11.0 Å². The van der Waals surface area contributed by atoms with Crippen LogP contribution in [0.2, 0.25) is 0 Å². The number of nitrogens with one attached hydrogen (secondary N) is 1. The van der Waals surface area contributed by atoms with Crippen molar-refractivity contribution in [3.8, 4) is 0 Å². The molecule has 30 heavy (non-hydrogen) atoms. The number of benzene rings is 1. The summed E-state index contributed by atoms with van der Waals surface area (Å²) >= 11 is 0. The van der Waals surface area contributed by atoms with Gasteiger partial charge in [0.05, 0.1) is 17.0 Å². The molecule has 1 aliphatic heterocycles. The van der Waals surface area contributed by atoms with Crippen LogP contribution in [-0.2, 0) is 15.4 Å². The molecule has 1 aromatic heterocycles. The molecular weight excluding hydrogens is 400 g/mol. The van der Waals surface area contributed by atoms with Crippen LogP contribution in [0, 0.1) is 0 Å². The number of rotatable bonds is 4. The summed E-state index contributed by atoms with van der Waals surface area (Å²) in [6.45, 7) is 0.537. The zero-order valence-electron chi connectivity index (χ0n) is 17.6. The molecular formula is C22H28N4O3S. The van der Waals surface area contributed by atoms with E-state index in [0.717, 1.165) is 31.9 Å². The summed E-state index contributed by atoms with van der Waals surface area (Å²) in [6, 6.07) is 13.5. The topological polar surface area (TPSA) is 82.6 Å².